The molecule has 0 aromatic rings. The van der Waals surface area contributed by atoms with Crippen LogP contribution in [-0.4, -0.2) is 11.6 Å². The largest absolute Gasteiger partial charge is 0.367 e. The molecule has 0 radical (unpaired) electrons. The van der Waals surface area contributed by atoms with Crippen molar-refractivity contribution in [1.82, 2.24) is 0 Å². The minimum atomic E-state index is -1.81. The molecule has 1 unspecified atom stereocenters. The summed E-state index contributed by atoms with van der Waals surface area (Å²) >= 11 is 0. The monoisotopic (exact) mass is 161 g/mol. The molecule has 0 rings (SSSR count). The predicted octanol–water partition coefficient (Wildman–Crippen LogP) is 1.64. The Balaban J connectivity index is 4.38. The van der Waals surface area contributed by atoms with Crippen LogP contribution in [0, 0.1) is 5.92 Å². The molecule has 2 N–H and O–H groups in total. The van der Waals surface area contributed by atoms with Crippen molar-refractivity contribution in [1.29, 1.82) is 0 Å². The Morgan fingerprint density at radius 1 is 1.64 bits per heavy atom. The first-order chi connectivity index (χ1) is 4.95. The lowest BCUT2D eigenvalue weighted by atomic mass is 9.87. The van der Waals surface area contributed by atoms with Crippen molar-refractivity contribution >= 4 is 5.91 Å². The third kappa shape index (κ3) is 2.17. The van der Waals surface area contributed by atoms with Crippen molar-refractivity contribution < 1.29 is 9.18 Å². The van der Waals surface area contributed by atoms with Gasteiger partial charge in [-0.15, -0.1) is 0 Å². The Morgan fingerprint density at radius 3 is 2.18 bits per heavy atom. The van der Waals surface area contributed by atoms with Crippen molar-refractivity contribution in [3.8, 4) is 0 Å². The van der Waals surface area contributed by atoms with Crippen molar-refractivity contribution in [2.24, 2.45) is 11.7 Å². The van der Waals surface area contributed by atoms with E-state index in [1.165, 1.54) is 0 Å². The number of hydrogen-bond donors (Lipinski definition) is 1. The average Bonchev–Trinajstić information content (AvgIpc) is 1.87. The number of carbonyl (C=O) groups is 1. The molecule has 0 saturated carbocycles. The molecule has 0 fully saturated rings. The minimum absolute atomic E-state index is 0.222. The van der Waals surface area contributed by atoms with Crippen molar-refractivity contribution in [2.75, 3.05) is 0 Å². The van der Waals surface area contributed by atoms with Gasteiger partial charge in [0.2, 0.25) is 0 Å². The number of nitrogens with two attached hydrogens (primary N) is 1. The van der Waals surface area contributed by atoms with Crippen molar-refractivity contribution in [3.63, 3.8) is 0 Å². The van der Waals surface area contributed by atoms with E-state index in [1.54, 1.807) is 13.8 Å². The maximum atomic E-state index is 13.6. The summed E-state index contributed by atoms with van der Waals surface area (Å²) in [6.45, 7) is 5.17. The van der Waals surface area contributed by atoms with Gasteiger partial charge in [-0.2, -0.15) is 0 Å². The summed E-state index contributed by atoms with van der Waals surface area (Å²) in [7, 11) is 0. The van der Waals surface area contributed by atoms with E-state index in [-0.39, 0.29) is 12.3 Å². The zero-order valence-corrected chi connectivity index (χ0v) is 7.36. The molecule has 1 atom stereocenters. The first kappa shape index (κ1) is 10.4. The molecular weight excluding hydrogens is 145 g/mol. The summed E-state index contributed by atoms with van der Waals surface area (Å²) in [6.07, 6.45) is 0.859. The number of carbonyl (C=O) groups excluding carboxylic acids is 1. The molecule has 0 aromatic heterocycles. The van der Waals surface area contributed by atoms with Gasteiger partial charge in [-0.1, -0.05) is 27.2 Å². The first-order valence-corrected chi connectivity index (χ1v) is 3.94. The number of halogens is 1. The van der Waals surface area contributed by atoms with Crippen LogP contribution in [0.4, 0.5) is 4.39 Å². The van der Waals surface area contributed by atoms with Crippen LogP contribution in [0.3, 0.4) is 0 Å². The topological polar surface area (TPSA) is 43.1 Å². The number of hydrogen-bond acceptors (Lipinski definition) is 1. The zero-order chi connectivity index (χ0) is 9.07. The van der Waals surface area contributed by atoms with Crippen LogP contribution in [0.2, 0.25) is 0 Å². The van der Waals surface area contributed by atoms with Crippen molar-refractivity contribution in [2.45, 2.75) is 39.3 Å². The van der Waals surface area contributed by atoms with E-state index in [9.17, 15) is 9.18 Å². The third-order valence-corrected chi connectivity index (χ3v) is 1.94. The summed E-state index contributed by atoms with van der Waals surface area (Å²) in [6, 6.07) is 0. The maximum Gasteiger partial charge on any atom is 0.255 e. The molecule has 0 aromatic carbocycles. The van der Waals surface area contributed by atoms with E-state index < -0.39 is 11.6 Å². The molecule has 0 heterocycles. The second-order valence-electron chi connectivity index (χ2n) is 3.13. The summed E-state index contributed by atoms with van der Waals surface area (Å²) in [5.41, 5.74) is 3.13. The standard InChI is InChI=1S/C8H16FNO/c1-4-5-8(9,6(2)3)7(10)11/h6H,4-5H2,1-3H3,(H2,10,11). The van der Waals surface area contributed by atoms with Gasteiger partial charge in [-0.3, -0.25) is 4.79 Å². The van der Waals surface area contributed by atoms with Gasteiger partial charge in [0.15, 0.2) is 5.67 Å². The highest BCUT2D eigenvalue weighted by atomic mass is 19.1. The fourth-order valence-electron chi connectivity index (χ4n) is 1.06. The zero-order valence-electron chi connectivity index (χ0n) is 7.36. The van der Waals surface area contributed by atoms with Gasteiger partial charge in [0.1, 0.15) is 0 Å². The highest BCUT2D eigenvalue weighted by molar-refractivity contribution is 5.83. The lowest BCUT2D eigenvalue weighted by Gasteiger charge is -2.24. The van der Waals surface area contributed by atoms with Crippen LogP contribution in [0.5, 0.6) is 0 Å². The van der Waals surface area contributed by atoms with E-state index in [2.05, 4.69) is 0 Å². The SMILES string of the molecule is CCCC(F)(C(N)=O)C(C)C. The second-order valence-corrected chi connectivity index (χ2v) is 3.13. The van der Waals surface area contributed by atoms with Crippen LogP contribution < -0.4 is 5.73 Å². The van der Waals surface area contributed by atoms with Crippen molar-refractivity contribution in [3.05, 3.63) is 0 Å². The van der Waals surface area contributed by atoms with Gasteiger partial charge < -0.3 is 5.73 Å². The fourth-order valence-corrected chi connectivity index (χ4v) is 1.06. The number of amides is 1. The number of alkyl halides is 1. The summed E-state index contributed by atoms with van der Waals surface area (Å²) in [4.78, 5) is 10.7. The Bertz CT molecular complexity index is 147. The van der Waals surface area contributed by atoms with Gasteiger partial charge >= 0.3 is 0 Å². The fraction of sp³-hybridized carbons (Fsp3) is 0.875. The second kappa shape index (κ2) is 3.69. The Kier molecular flexibility index (Phi) is 3.49. The molecule has 0 bridgehead atoms. The molecule has 0 aliphatic rings. The highest BCUT2D eigenvalue weighted by Gasteiger charge is 2.38. The van der Waals surface area contributed by atoms with Gasteiger partial charge in [0.05, 0.1) is 0 Å². The Labute approximate surface area is 67.0 Å². The van der Waals surface area contributed by atoms with Crippen LogP contribution in [0.15, 0.2) is 0 Å². The lowest BCUT2D eigenvalue weighted by molar-refractivity contribution is -0.133. The van der Waals surface area contributed by atoms with Gasteiger partial charge in [-0.25, -0.2) is 4.39 Å². The van der Waals surface area contributed by atoms with Crippen LogP contribution in [0.1, 0.15) is 33.6 Å². The maximum absolute atomic E-state index is 13.6. The molecule has 0 aliphatic heterocycles. The summed E-state index contributed by atoms with van der Waals surface area (Å²) in [5.74, 6) is -1.17. The number of rotatable bonds is 4. The van der Waals surface area contributed by atoms with Gasteiger partial charge in [-0.05, 0) is 12.3 Å². The van der Waals surface area contributed by atoms with Crippen LogP contribution in [-0.2, 0) is 4.79 Å². The van der Waals surface area contributed by atoms with E-state index >= 15 is 0 Å². The normalized spacial score (nSPS) is 16.5. The predicted molar refractivity (Wildman–Crippen MR) is 42.8 cm³/mol. The molecule has 0 saturated heterocycles. The molecule has 2 nitrogen and oxygen atoms in total. The van der Waals surface area contributed by atoms with Gasteiger partial charge in [0.25, 0.3) is 5.91 Å². The highest BCUT2D eigenvalue weighted by Crippen LogP contribution is 2.26. The molecule has 0 aliphatic carbocycles. The lowest BCUT2D eigenvalue weighted by Crippen LogP contribution is -2.44. The molecule has 66 valence electrons. The Hall–Kier alpha value is -0.600. The summed E-state index contributed by atoms with van der Waals surface area (Å²) in [5, 5.41) is 0. The Morgan fingerprint density at radius 2 is 2.09 bits per heavy atom. The smallest absolute Gasteiger partial charge is 0.255 e. The van der Waals surface area contributed by atoms with E-state index in [4.69, 9.17) is 5.73 Å². The van der Waals surface area contributed by atoms with Gasteiger partial charge in [0, 0.05) is 0 Å². The van der Waals surface area contributed by atoms with Crippen LogP contribution in [0.25, 0.3) is 0 Å². The average molecular weight is 161 g/mol. The number of primary amides is 1. The first-order valence-electron chi connectivity index (χ1n) is 3.94. The van der Waals surface area contributed by atoms with E-state index in [1.807, 2.05) is 6.92 Å². The van der Waals surface area contributed by atoms with Crippen LogP contribution >= 0.6 is 0 Å². The quantitative estimate of drug-likeness (QED) is 0.669. The molecule has 3 heteroatoms. The molecule has 1 amide bonds. The molecular formula is C8H16FNO. The summed E-state index contributed by atoms with van der Waals surface area (Å²) < 4.78 is 13.6. The molecule has 0 spiro atoms. The molecule has 11 heavy (non-hydrogen) atoms. The van der Waals surface area contributed by atoms with E-state index in [0.29, 0.717) is 6.42 Å². The van der Waals surface area contributed by atoms with E-state index in [0.717, 1.165) is 0 Å². The third-order valence-electron chi connectivity index (χ3n) is 1.94. The minimum Gasteiger partial charge on any atom is -0.367 e.